The van der Waals surface area contributed by atoms with Crippen LogP contribution in [-0.2, 0) is 14.3 Å². The van der Waals surface area contributed by atoms with Crippen LogP contribution in [0.5, 0.6) is 0 Å². The largest absolute Gasteiger partial charge is 0.481 e. The van der Waals surface area contributed by atoms with E-state index in [0.717, 1.165) is 35.1 Å². The highest BCUT2D eigenvalue weighted by Gasteiger charge is 2.36. The second kappa shape index (κ2) is 9.65. The van der Waals surface area contributed by atoms with Crippen LogP contribution < -0.4 is 5.32 Å². The van der Waals surface area contributed by atoms with E-state index in [-0.39, 0.29) is 37.4 Å². The van der Waals surface area contributed by atoms with E-state index in [4.69, 9.17) is 9.84 Å². The van der Waals surface area contributed by atoms with Gasteiger partial charge in [-0.25, -0.2) is 4.79 Å². The maximum absolute atomic E-state index is 12.9. The Morgan fingerprint density at radius 2 is 1.61 bits per heavy atom. The van der Waals surface area contributed by atoms with Crippen molar-refractivity contribution in [2.24, 2.45) is 5.92 Å². The molecule has 2 aromatic rings. The van der Waals surface area contributed by atoms with Gasteiger partial charge < -0.3 is 20.1 Å². The van der Waals surface area contributed by atoms with Crippen LogP contribution in [0.1, 0.15) is 50.2 Å². The van der Waals surface area contributed by atoms with Gasteiger partial charge in [-0.15, -0.1) is 0 Å². The molecular formula is C26H30N2O5. The van der Waals surface area contributed by atoms with Gasteiger partial charge in [0.15, 0.2) is 0 Å². The minimum atomic E-state index is -0.925. The number of carboxylic acids is 1. The third-order valence-electron chi connectivity index (χ3n) is 6.67. The number of alkyl carbamates (subject to hydrolysis) is 1. The molecule has 0 spiro atoms. The van der Waals surface area contributed by atoms with E-state index >= 15 is 0 Å². The van der Waals surface area contributed by atoms with E-state index in [1.165, 1.54) is 0 Å². The summed E-state index contributed by atoms with van der Waals surface area (Å²) in [7, 11) is 0. The van der Waals surface area contributed by atoms with E-state index in [1.807, 2.05) is 24.3 Å². The average Bonchev–Trinajstić information content (AvgIpc) is 3.59. The van der Waals surface area contributed by atoms with Crippen molar-refractivity contribution in [3.8, 4) is 11.1 Å². The average molecular weight is 451 g/mol. The quantitative estimate of drug-likeness (QED) is 0.602. The molecule has 4 rings (SSSR count). The molecule has 2 aliphatic carbocycles. The molecule has 0 bridgehead atoms. The van der Waals surface area contributed by atoms with Crippen molar-refractivity contribution >= 4 is 18.0 Å². The van der Waals surface area contributed by atoms with Crippen LogP contribution in [0, 0.1) is 5.92 Å². The number of hydrogen-bond acceptors (Lipinski definition) is 4. The minimum absolute atomic E-state index is 0.0288. The first-order valence-electron chi connectivity index (χ1n) is 11.5. The summed E-state index contributed by atoms with van der Waals surface area (Å²) in [5, 5.41) is 11.8. The van der Waals surface area contributed by atoms with Crippen LogP contribution in [0.3, 0.4) is 0 Å². The second-order valence-electron chi connectivity index (χ2n) is 8.95. The van der Waals surface area contributed by atoms with E-state index < -0.39 is 24.0 Å². The number of hydrogen-bond donors (Lipinski definition) is 2. The smallest absolute Gasteiger partial charge is 0.407 e. The molecule has 2 aromatic carbocycles. The van der Waals surface area contributed by atoms with Gasteiger partial charge in [-0.05, 0) is 42.0 Å². The first-order valence-corrected chi connectivity index (χ1v) is 11.5. The molecule has 2 unspecified atom stereocenters. The molecule has 33 heavy (non-hydrogen) atoms. The predicted octanol–water partition coefficient (Wildman–Crippen LogP) is 4.02. The molecular weight excluding hydrogens is 420 g/mol. The summed E-state index contributed by atoms with van der Waals surface area (Å²) in [5.74, 6) is -1.57. The molecule has 0 aromatic heterocycles. The Morgan fingerprint density at radius 3 is 2.15 bits per heavy atom. The number of amides is 2. The molecule has 0 aliphatic heterocycles. The topological polar surface area (TPSA) is 95.9 Å². The van der Waals surface area contributed by atoms with Gasteiger partial charge in [0.05, 0.1) is 12.3 Å². The monoisotopic (exact) mass is 450 g/mol. The Balaban J connectivity index is 1.34. The third-order valence-corrected chi connectivity index (χ3v) is 6.67. The van der Waals surface area contributed by atoms with Gasteiger partial charge in [-0.2, -0.15) is 0 Å². The summed E-state index contributed by atoms with van der Waals surface area (Å²) < 4.78 is 5.59. The molecule has 7 heteroatoms. The Hall–Kier alpha value is -3.35. The molecule has 174 valence electrons. The van der Waals surface area contributed by atoms with Gasteiger partial charge in [0.1, 0.15) is 6.61 Å². The molecule has 1 saturated carbocycles. The van der Waals surface area contributed by atoms with Crippen molar-refractivity contribution in [3.05, 3.63) is 59.7 Å². The van der Waals surface area contributed by atoms with Crippen molar-refractivity contribution in [1.82, 2.24) is 10.2 Å². The number of aliphatic carboxylic acids is 1. The van der Waals surface area contributed by atoms with Crippen LogP contribution in [-0.4, -0.2) is 53.2 Å². The van der Waals surface area contributed by atoms with Gasteiger partial charge in [0.25, 0.3) is 0 Å². The van der Waals surface area contributed by atoms with Gasteiger partial charge in [-0.1, -0.05) is 55.5 Å². The second-order valence-corrected chi connectivity index (χ2v) is 8.95. The fourth-order valence-corrected chi connectivity index (χ4v) is 4.50. The summed E-state index contributed by atoms with van der Waals surface area (Å²) in [5.41, 5.74) is 4.61. The van der Waals surface area contributed by atoms with Crippen LogP contribution in [0.2, 0.25) is 0 Å². The zero-order valence-electron chi connectivity index (χ0n) is 19.0. The number of carboxylic acid groups (broad SMARTS) is 1. The predicted molar refractivity (Wildman–Crippen MR) is 124 cm³/mol. The number of carbonyl (C=O) groups is 3. The zero-order chi connectivity index (χ0) is 23.5. The SMILES string of the molecule is CC(NC(=O)OCC1c2ccccc2-c2ccccc21)C(C)C(=O)N(CCC(=O)O)C1CC1. The van der Waals surface area contributed by atoms with E-state index in [0.29, 0.717) is 0 Å². The van der Waals surface area contributed by atoms with Crippen LogP contribution in [0.15, 0.2) is 48.5 Å². The standard InChI is InChI=1S/C26H30N2O5/c1-16(25(31)28(18-11-12-18)14-13-24(29)30)17(2)27-26(32)33-15-23-21-9-5-3-7-19(21)20-8-4-6-10-22(20)23/h3-10,16-18,23H,11-15H2,1-2H3,(H,27,32)(H,29,30). The summed E-state index contributed by atoms with van der Waals surface area (Å²) in [6, 6.07) is 16.0. The fourth-order valence-electron chi connectivity index (χ4n) is 4.50. The lowest BCUT2D eigenvalue weighted by Crippen LogP contribution is -2.47. The summed E-state index contributed by atoms with van der Waals surface area (Å²) in [6.07, 6.45) is 1.15. The maximum atomic E-state index is 12.9. The first-order chi connectivity index (χ1) is 15.9. The Bertz CT molecular complexity index is 1000. The van der Waals surface area contributed by atoms with Crippen molar-refractivity contribution < 1.29 is 24.2 Å². The Morgan fingerprint density at radius 1 is 1.03 bits per heavy atom. The number of nitrogens with one attached hydrogen (secondary N) is 1. The lowest BCUT2D eigenvalue weighted by atomic mass is 9.98. The number of benzene rings is 2. The number of fused-ring (bicyclic) bond motifs is 3. The number of ether oxygens (including phenoxy) is 1. The summed E-state index contributed by atoms with van der Waals surface area (Å²) >= 11 is 0. The number of nitrogens with zero attached hydrogens (tertiary/aromatic N) is 1. The highest BCUT2D eigenvalue weighted by atomic mass is 16.5. The van der Waals surface area contributed by atoms with Crippen LogP contribution >= 0.6 is 0 Å². The van der Waals surface area contributed by atoms with Crippen molar-refractivity contribution in [1.29, 1.82) is 0 Å². The number of rotatable bonds is 9. The first kappa shape index (κ1) is 22.8. The fraction of sp³-hybridized carbons (Fsp3) is 0.423. The van der Waals surface area contributed by atoms with Gasteiger partial charge in [0, 0.05) is 24.5 Å². The molecule has 2 aliphatic rings. The molecule has 1 fully saturated rings. The lowest BCUT2D eigenvalue weighted by Gasteiger charge is -2.28. The molecule has 2 N–H and O–H groups in total. The van der Waals surface area contributed by atoms with Crippen molar-refractivity contribution in [2.45, 2.75) is 51.1 Å². The minimum Gasteiger partial charge on any atom is -0.481 e. The van der Waals surface area contributed by atoms with Gasteiger partial charge >= 0.3 is 12.1 Å². The molecule has 0 saturated heterocycles. The molecule has 0 heterocycles. The molecule has 2 amide bonds. The summed E-state index contributed by atoms with van der Waals surface area (Å²) in [6.45, 7) is 3.93. The van der Waals surface area contributed by atoms with Crippen LogP contribution in [0.4, 0.5) is 4.79 Å². The lowest BCUT2D eigenvalue weighted by molar-refractivity contribution is -0.140. The van der Waals surface area contributed by atoms with E-state index in [9.17, 15) is 14.4 Å². The highest BCUT2D eigenvalue weighted by molar-refractivity contribution is 5.81. The summed E-state index contributed by atoms with van der Waals surface area (Å²) in [4.78, 5) is 38.1. The zero-order valence-corrected chi connectivity index (χ0v) is 19.0. The Labute approximate surface area is 193 Å². The number of carbonyl (C=O) groups excluding carboxylic acids is 2. The maximum Gasteiger partial charge on any atom is 0.407 e. The normalized spacial score (nSPS) is 16.3. The van der Waals surface area contributed by atoms with Crippen molar-refractivity contribution in [2.75, 3.05) is 13.2 Å². The van der Waals surface area contributed by atoms with E-state index in [1.54, 1.807) is 18.7 Å². The molecule has 7 nitrogen and oxygen atoms in total. The third kappa shape index (κ3) is 5.02. The van der Waals surface area contributed by atoms with Gasteiger partial charge in [0.2, 0.25) is 5.91 Å². The molecule has 0 radical (unpaired) electrons. The Kier molecular flexibility index (Phi) is 6.67. The van der Waals surface area contributed by atoms with Crippen LogP contribution in [0.25, 0.3) is 11.1 Å². The highest BCUT2D eigenvalue weighted by Crippen LogP contribution is 2.44. The van der Waals surface area contributed by atoms with Gasteiger partial charge in [-0.3, -0.25) is 9.59 Å². The van der Waals surface area contributed by atoms with E-state index in [2.05, 4.69) is 29.6 Å². The molecule has 2 atom stereocenters. The van der Waals surface area contributed by atoms with Crippen molar-refractivity contribution in [3.63, 3.8) is 0 Å².